The Labute approximate surface area is 206 Å². The average Bonchev–Trinajstić information content (AvgIpc) is 3.18. The third kappa shape index (κ3) is 5.72. The molecule has 0 spiro atoms. The van der Waals surface area contributed by atoms with Crippen LogP contribution in [0.3, 0.4) is 0 Å². The largest absolute Gasteiger partial charge is 0.497 e. The van der Waals surface area contributed by atoms with Gasteiger partial charge in [0.15, 0.2) is 0 Å². The maximum Gasteiger partial charge on any atom is 0.254 e. The van der Waals surface area contributed by atoms with Crippen molar-refractivity contribution >= 4 is 5.91 Å². The van der Waals surface area contributed by atoms with Gasteiger partial charge in [0.1, 0.15) is 11.5 Å². The Morgan fingerprint density at radius 3 is 2.14 bits per heavy atom. The summed E-state index contributed by atoms with van der Waals surface area (Å²) in [6, 6.07) is 26.7. The smallest absolute Gasteiger partial charge is 0.254 e. The number of para-hydroxylation sites is 2. The van der Waals surface area contributed by atoms with Gasteiger partial charge in [0.25, 0.3) is 5.91 Å². The highest BCUT2D eigenvalue weighted by Crippen LogP contribution is 2.32. The first-order chi connectivity index (χ1) is 17.0. The molecule has 0 bridgehead atoms. The van der Waals surface area contributed by atoms with Crippen LogP contribution >= 0.6 is 0 Å². The van der Waals surface area contributed by atoms with Gasteiger partial charge in [-0.15, -0.1) is 0 Å². The second-order valence-electron chi connectivity index (χ2n) is 8.84. The van der Waals surface area contributed by atoms with Gasteiger partial charge in [-0.1, -0.05) is 50.2 Å². The fourth-order valence-electron chi connectivity index (χ4n) is 3.94. The number of aromatic nitrogens is 2. The second-order valence-corrected chi connectivity index (χ2v) is 8.84. The lowest BCUT2D eigenvalue weighted by Gasteiger charge is -2.25. The monoisotopic (exact) mass is 469 g/mol. The Hall–Kier alpha value is -4.06. The third-order valence-corrected chi connectivity index (χ3v) is 5.65. The molecule has 0 unspecified atom stereocenters. The fourth-order valence-corrected chi connectivity index (χ4v) is 3.94. The number of nitrogens with zero attached hydrogens (tertiary/aromatic N) is 3. The van der Waals surface area contributed by atoms with Crippen LogP contribution in [0.4, 0.5) is 0 Å². The molecule has 4 aromatic rings. The molecule has 1 amide bonds. The Kier molecular flexibility index (Phi) is 7.51. The Balaban J connectivity index is 1.74. The molecule has 0 N–H and O–H groups in total. The van der Waals surface area contributed by atoms with Crippen LogP contribution < -0.4 is 9.47 Å². The first-order valence-electron chi connectivity index (χ1n) is 11.8. The summed E-state index contributed by atoms with van der Waals surface area (Å²) in [4.78, 5) is 15.4. The van der Waals surface area contributed by atoms with Crippen LogP contribution in [0.1, 0.15) is 35.5 Å². The summed E-state index contributed by atoms with van der Waals surface area (Å²) >= 11 is 0. The number of carbonyl (C=O) groups excluding carboxylic acids is 1. The number of amides is 1. The van der Waals surface area contributed by atoms with Crippen molar-refractivity contribution in [3.05, 3.63) is 102 Å². The minimum absolute atomic E-state index is 0.0427. The van der Waals surface area contributed by atoms with Gasteiger partial charge in [0.05, 0.1) is 30.6 Å². The zero-order valence-electron chi connectivity index (χ0n) is 20.6. The molecule has 0 saturated carbocycles. The van der Waals surface area contributed by atoms with Crippen molar-refractivity contribution in [3.63, 3.8) is 0 Å². The fraction of sp³-hybridized carbons (Fsp3) is 0.241. The summed E-state index contributed by atoms with van der Waals surface area (Å²) in [5, 5.41) is 4.80. The van der Waals surface area contributed by atoms with E-state index in [2.05, 4.69) is 13.8 Å². The van der Waals surface area contributed by atoms with Crippen LogP contribution in [0.2, 0.25) is 0 Å². The van der Waals surface area contributed by atoms with E-state index < -0.39 is 0 Å². The van der Waals surface area contributed by atoms with Crippen LogP contribution in [-0.4, -0.2) is 34.2 Å². The molecular weight excluding hydrogens is 438 g/mol. The zero-order valence-corrected chi connectivity index (χ0v) is 20.6. The van der Waals surface area contributed by atoms with E-state index in [0.29, 0.717) is 36.2 Å². The molecule has 1 heterocycles. The summed E-state index contributed by atoms with van der Waals surface area (Å²) in [7, 11) is 1.61. The SMILES string of the molecule is COc1ccc(C(=O)N(Cc2c(C)nn(-c3ccccc3)c2Oc2ccccc2)CC(C)C)cc1. The van der Waals surface area contributed by atoms with Crippen molar-refractivity contribution in [2.45, 2.75) is 27.3 Å². The molecule has 3 aromatic carbocycles. The molecule has 0 aliphatic rings. The molecule has 0 fully saturated rings. The third-order valence-electron chi connectivity index (χ3n) is 5.65. The standard InChI is InChI=1S/C29H31N3O3/c1-21(2)19-31(28(33)23-15-17-25(34-4)18-16-23)20-27-22(3)30-32(24-11-7-5-8-12-24)29(27)35-26-13-9-6-10-14-26/h5-18,21H,19-20H2,1-4H3. The number of ether oxygens (including phenoxy) is 2. The van der Waals surface area contributed by atoms with Gasteiger partial charge in [-0.2, -0.15) is 5.10 Å². The number of hydrogen-bond acceptors (Lipinski definition) is 4. The molecule has 6 nitrogen and oxygen atoms in total. The lowest BCUT2D eigenvalue weighted by atomic mass is 10.1. The normalized spacial score (nSPS) is 10.9. The lowest BCUT2D eigenvalue weighted by Crippen LogP contribution is -2.34. The van der Waals surface area contributed by atoms with Crippen LogP contribution in [0.25, 0.3) is 5.69 Å². The molecule has 6 heteroatoms. The Morgan fingerprint density at radius 1 is 0.914 bits per heavy atom. The average molecular weight is 470 g/mol. The molecule has 180 valence electrons. The van der Waals surface area contributed by atoms with E-state index in [4.69, 9.17) is 14.6 Å². The zero-order chi connectivity index (χ0) is 24.8. The van der Waals surface area contributed by atoms with E-state index in [1.807, 2.05) is 89.3 Å². The van der Waals surface area contributed by atoms with E-state index in [-0.39, 0.29) is 5.91 Å². The van der Waals surface area contributed by atoms with Gasteiger partial charge < -0.3 is 14.4 Å². The lowest BCUT2D eigenvalue weighted by molar-refractivity contribution is 0.0721. The van der Waals surface area contributed by atoms with Gasteiger partial charge >= 0.3 is 0 Å². The van der Waals surface area contributed by atoms with E-state index >= 15 is 0 Å². The van der Waals surface area contributed by atoms with Crippen molar-refractivity contribution in [2.75, 3.05) is 13.7 Å². The topological polar surface area (TPSA) is 56.6 Å². The maximum absolute atomic E-state index is 13.6. The summed E-state index contributed by atoms with van der Waals surface area (Å²) in [5.41, 5.74) is 3.20. The Bertz CT molecular complexity index is 1250. The summed E-state index contributed by atoms with van der Waals surface area (Å²) < 4.78 is 13.4. The molecule has 35 heavy (non-hydrogen) atoms. The Morgan fingerprint density at radius 2 is 1.54 bits per heavy atom. The van der Waals surface area contributed by atoms with Crippen LogP contribution in [0, 0.1) is 12.8 Å². The van der Waals surface area contributed by atoms with Gasteiger partial charge in [-0.3, -0.25) is 4.79 Å². The van der Waals surface area contributed by atoms with E-state index in [1.165, 1.54) is 0 Å². The van der Waals surface area contributed by atoms with Gasteiger partial charge in [0, 0.05) is 12.1 Å². The highest BCUT2D eigenvalue weighted by Gasteiger charge is 2.25. The van der Waals surface area contributed by atoms with Crippen molar-refractivity contribution < 1.29 is 14.3 Å². The van der Waals surface area contributed by atoms with Crippen LogP contribution in [0.5, 0.6) is 17.4 Å². The summed E-state index contributed by atoms with van der Waals surface area (Å²) in [6.45, 7) is 7.15. The van der Waals surface area contributed by atoms with E-state index in [9.17, 15) is 4.79 Å². The number of hydrogen-bond donors (Lipinski definition) is 0. The number of methoxy groups -OCH3 is 1. The predicted octanol–water partition coefficient (Wildman–Crippen LogP) is 6.28. The van der Waals surface area contributed by atoms with Crippen molar-refractivity contribution in [3.8, 4) is 23.1 Å². The summed E-state index contributed by atoms with van der Waals surface area (Å²) in [5.74, 6) is 2.29. The summed E-state index contributed by atoms with van der Waals surface area (Å²) in [6.07, 6.45) is 0. The molecule has 1 aromatic heterocycles. The highest BCUT2D eigenvalue weighted by molar-refractivity contribution is 5.94. The molecule has 0 radical (unpaired) electrons. The minimum atomic E-state index is -0.0427. The van der Waals surface area contributed by atoms with Crippen LogP contribution in [-0.2, 0) is 6.54 Å². The van der Waals surface area contributed by atoms with Crippen molar-refractivity contribution in [1.82, 2.24) is 14.7 Å². The maximum atomic E-state index is 13.6. The van der Waals surface area contributed by atoms with E-state index in [1.54, 1.807) is 19.2 Å². The molecule has 4 rings (SSSR count). The number of rotatable bonds is 9. The molecular formula is C29H31N3O3. The first kappa shape index (κ1) is 24.1. The minimum Gasteiger partial charge on any atom is -0.497 e. The van der Waals surface area contributed by atoms with Crippen LogP contribution in [0.15, 0.2) is 84.9 Å². The first-order valence-corrected chi connectivity index (χ1v) is 11.8. The second kappa shape index (κ2) is 10.9. The molecule has 0 aliphatic heterocycles. The number of carbonyl (C=O) groups is 1. The van der Waals surface area contributed by atoms with Gasteiger partial charge in [-0.25, -0.2) is 4.68 Å². The highest BCUT2D eigenvalue weighted by atomic mass is 16.5. The van der Waals surface area contributed by atoms with Crippen molar-refractivity contribution in [2.24, 2.45) is 5.92 Å². The quantitative estimate of drug-likeness (QED) is 0.289. The molecule has 0 saturated heterocycles. The predicted molar refractivity (Wildman–Crippen MR) is 137 cm³/mol. The van der Waals surface area contributed by atoms with Gasteiger partial charge in [-0.05, 0) is 61.4 Å². The van der Waals surface area contributed by atoms with Gasteiger partial charge in [0.2, 0.25) is 5.88 Å². The molecule has 0 aliphatic carbocycles. The van der Waals surface area contributed by atoms with E-state index in [0.717, 1.165) is 22.7 Å². The molecule has 0 atom stereocenters. The number of benzene rings is 3. The number of aryl methyl sites for hydroxylation is 1. The van der Waals surface area contributed by atoms with Crippen molar-refractivity contribution in [1.29, 1.82) is 0 Å².